The SMILES string of the molecule is Cc1c(C(F)(F)F)cccc1S(=O)(=O)NCCCC(N)=S. The normalized spacial score (nSPS) is 12.4. The van der Waals surface area contributed by atoms with Gasteiger partial charge in [-0.1, -0.05) is 18.3 Å². The quantitative estimate of drug-likeness (QED) is 0.616. The molecule has 0 aliphatic carbocycles. The Balaban J connectivity index is 2.97. The number of alkyl halides is 3. The van der Waals surface area contributed by atoms with Gasteiger partial charge < -0.3 is 5.73 Å². The Morgan fingerprint density at radius 1 is 1.38 bits per heavy atom. The van der Waals surface area contributed by atoms with Crippen LogP contribution in [0.15, 0.2) is 23.1 Å². The molecule has 21 heavy (non-hydrogen) atoms. The van der Waals surface area contributed by atoms with Gasteiger partial charge in [-0.15, -0.1) is 0 Å². The van der Waals surface area contributed by atoms with Crippen LogP contribution >= 0.6 is 12.2 Å². The maximum atomic E-state index is 12.8. The number of sulfonamides is 1. The molecule has 0 amide bonds. The number of hydrogen-bond donors (Lipinski definition) is 2. The summed E-state index contributed by atoms with van der Waals surface area (Å²) in [6.45, 7) is 1.18. The van der Waals surface area contributed by atoms with Crippen LogP contribution in [0.5, 0.6) is 0 Å². The Labute approximate surface area is 126 Å². The highest BCUT2D eigenvalue weighted by Crippen LogP contribution is 2.34. The second kappa shape index (κ2) is 6.71. The van der Waals surface area contributed by atoms with Gasteiger partial charge in [-0.2, -0.15) is 13.2 Å². The van der Waals surface area contributed by atoms with Crippen molar-refractivity contribution in [3.63, 3.8) is 0 Å². The lowest BCUT2D eigenvalue weighted by molar-refractivity contribution is -0.138. The maximum Gasteiger partial charge on any atom is 0.416 e. The van der Waals surface area contributed by atoms with Gasteiger partial charge in [0, 0.05) is 6.54 Å². The molecule has 0 unspecified atom stereocenters. The van der Waals surface area contributed by atoms with Crippen LogP contribution in [-0.2, 0) is 16.2 Å². The van der Waals surface area contributed by atoms with Gasteiger partial charge in [0.05, 0.1) is 15.4 Å². The highest BCUT2D eigenvalue weighted by atomic mass is 32.2. The van der Waals surface area contributed by atoms with E-state index in [4.69, 9.17) is 5.73 Å². The molecule has 0 spiro atoms. The molecule has 3 N–H and O–H groups in total. The molecule has 0 saturated carbocycles. The molecule has 9 heteroatoms. The summed E-state index contributed by atoms with van der Waals surface area (Å²) in [7, 11) is -4.01. The maximum absolute atomic E-state index is 12.8. The average molecular weight is 340 g/mol. The van der Waals surface area contributed by atoms with Gasteiger partial charge in [-0.25, -0.2) is 13.1 Å². The number of rotatable bonds is 6. The number of halogens is 3. The van der Waals surface area contributed by atoms with Gasteiger partial charge in [0.2, 0.25) is 10.0 Å². The Morgan fingerprint density at radius 2 is 2.00 bits per heavy atom. The molecule has 1 aromatic carbocycles. The molecule has 0 aliphatic heterocycles. The third-order valence-corrected chi connectivity index (χ3v) is 4.58. The van der Waals surface area contributed by atoms with Crippen molar-refractivity contribution in [3.8, 4) is 0 Å². The molecule has 0 aliphatic rings. The Morgan fingerprint density at radius 3 is 2.52 bits per heavy atom. The van der Waals surface area contributed by atoms with Crippen LogP contribution < -0.4 is 10.5 Å². The zero-order valence-corrected chi connectivity index (χ0v) is 12.8. The average Bonchev–Trinajstić information content (AvgIpc) is 2.33. The third kappa shape index (κ3) is 4.94. The summed E-state index contributed by atoms with van der Waals surface area (Å²) in [5.74, 6) is 0. The highest BCUT2D eigenvalue weighted by molar-refractivity contribution is 7.89. The van der Waals surface area contributed by atoms with E-state index in [9.17, 15) is 21.6 Å². The van der Waals surface area contributed by atoms with E-state index in [1.807, 2.05) is 0 Å². The van der Waals surface area contributed by atoms with Crippen LogP contribution in [0.3, 0.4) is 0 Å². The molecular weight excluding hydrogens is 325 g/mol. The lowest BCUT2D eigenvalue weighted by Gasteiger charge is -2.14. The van der Waals surface area contributed by atoms with E-state index in [0.29, 0.717) is 12.8 Å². The number of benzene rings is 1. The highest BCUT2D eigenvalue weighted by Gasteiger charge is 2.34. The van der Waals surface area contributed by atoms with Crippen molar-refractivity contribution in [2.75, 3.05) is 6.54 Å². The zero-order valence-electron chi connectivity index (χ0n) is 11.2. The molecule has 118 valence electrons. The van der Waals surface area contributed by atoms with Gasteiger partial charge in [-0.05, 0) is 37.5 Å². The smallest absolute Gasteiger partial charge is 0.393 e. The summed E-state index contributed by atoms with van der Waals surface area (Å²) in [4.78, 5) is -0.128. The van der Waals surface area contributed by atoms with E-state index in [1.54, 1.807) is 0 Å². The summed E-state index contributed by atoms with van der Waals surface area (Å²) in [6, 6.07) is 3.06. The molecule has 1 aromatic rings. The molecule has 0 aromatic heterocycles. The number of hydrogen-bond acceptors (Lipinski definition) is 3. The van der Waals surface area contributed by atoms with E-state index in [0.717, 1.165) is 25.1 Å². The lowest BCUT2D eigenvalue weighted by Crippen LogP contribution is -2.27. The number of nitrogens with one attached hydrogen (secondary N) is 1. The van der Waals surface area contributed by atoms with Crippen LogP contribution in [0.1, 0.15) is 24.0 Å². The van der Waals surface area contributed by atoms with E-state index in [-0.39, 0.29) is 22.0 Å². The molecule has 0 heterocycles. The second-order valence-corrected chi connectivity index (χ2v) is 6.65. The molecular formula is C12H15F3N2O2S2. The first-order chi connectivity index (χ1) is 9.55. The van der Waals surface area contributed by atoms with E-state index < -0.39 is 21.8 Å². The Kier molecular flexibility index (Phi) is 5.71. The van der Waals surface area contributed by atoms with Crippen molar-refractivity contribution in [1.82, 2.24) is 4.72 Å². The number of thiocarbonyl (C=S) groups is 1. The van der Waals surface area contributed by atoms with Crippen molar-refractivity contribution in [3.05, 3.63) is 29.3 Å². The molecule has 4 nitrogen and oxygen atoms in total. The van der Waals surface area contributed by atoms with Crippen LogP contribution in [-0.4, -0.2) is 20.0 Å². The molecule has 0 radical (unpaired) electrons. The van der Waals surface area contributed by atoms with E-state index in [2.05, 4.69) is 16.9 Å². The molecule has 1 rings (SSSR count). The largest absolute Gasteiger partial charge is 0.416 e. The predicted octanol–water partition coefficient (Wildman–Crippen LogP) is 2.36. The predicted molar refractivity (Wildman–Crippen MR) is 77.4 cm³/mol. The molecule has 0 fully saturated rings. The van der Waals surface area contributed by atoms with Crippen molar-refractivity contribution in [2.24, 2.45) is 5.73 Å². The molecule has 0 atom stereocenters. The fourth-order valence-corrected chi connectivity index (χ4v) is 3.24. The Hall–Kier alpha value is -1.19. The monoisotopic (exact) mass is 340 g/mol. The summed E-state index contributed by atoms with van der Waals surface area (Å²) in [6.07, 6.45) is -3.85. The summed E-state index contributed by atoms with van der Waals surface area (Å²) < 4.78 is 64.6. The lowest BCUT2D eigenvalue weighted by atomic mass is 10.1. The third-order valence-electron chi connectivity index (χ3n) is 2.77. The van der Waals surface area contributed by atoms with Crippen LogP contribution in [0.2, 0.25) is 0 Å². The minimum atomic E-state index is -4.60. The van der Waals surface area contributed by atoms with Crippen LogP contribution in [0.4, 0.5) is 13.2 Å². The fourth-order valence-electron chi connectivity index (χ4n) is 1.76. The zero-order chi connectivity index (χ0) is 16.3. The minimum Gasteiger partial charge on any atom is -0.393 e. The van der Waals surface area contributed by atoms with Gasteiger partial charge in [0.25, 0.3) is 0 Å². The second-order valence-electron chi connectivity index (χ2n) is 4.39. The van der Waals surface area contributed by atoms with Crippen LogP contribution in [0, 0.1) is 6.92 Å². The molecule has 0 saturated heterocycles. The summed E-state index contributed by atoms with van der Waals surface area (Å²) in [5, 5.41) is 0. The first-order valence-electron chi connectivity index (χ1n) is 6.00. The van der Waals surface area contributed by atoms with E-state index in [1.165, 1.54) is 0 Å². The van der Waals surface area contributed by atoms with Crippen molar-refractivity contribution in [2.45, 2.75) is 30.8 Å². The topological polar surface area (TPSA) is 72.2 Å². The van der Waals surface area contributed by atoms with Gasteiger partial charge in [-0.3, -0.25) is 0 Å². The number of nitrogens with two attached hydrogens (primary N) is 1. The standard InChI is InChI=1S/C12H15F3N2O2S2/c1-8-9(12(13,14)15)4-2-5-10(8)21(18,19)17-7-3-6-11(16)20/h2,4-5,17H,3,6-7H2,1H3,(H2,16,20). The fraction of sp³-hybridized carbons (Fsp3) is 0.417. The van der Waals surface area contributed by atoms with Crippen molar-refractivity contribution in [1.29, 1.82) is 0 Å². The summed E-state index contributed by atoms with van der Waals surface area (Å²) >= 11 is 4.65. The summed E-state index contributed by atoms with van der Waals surface area (Å²) in [5.41, 5.74) is 3.98. The van der Waals surface area contributed by atoms with Crippen molar-refractivity contribution >= 4 is 27.2 Å². The van der Waals surface area contributed by atoms with Gasteiger partial charge in [0.15, 0.2) is 0 Å². The Bertz CT molecular complexity index is 628. The van der Waals surface area contributed by atoms with Gasteiger partial charge in [0.1, 0.15) is 0 Å². The molecule has 0 bridgehead atoms. The van der Waals surface area contributed by atoms with Crippen LogP contribution in [0.25, 0.3) is 0 Å². The van der Waals surface area contributed by atoms with Gasteiger partial charge >= 0.3 is 6.18 Å². The first-order valence-corrected chi connectivity index (χ1v) is 7.89. The van der Waals surface area contributed by atoms with E-state index >= 15 is 0 Å². The minimum absolute atomic E-state index is 0.0510. The first kappa shape index (κ1) is 17.9. The van der Waals surface area contributed by atoms with Crippen molar-refractivity contribution < 1.29 is 21.6 Å².